The minimum absolute atomic E-state index is 0.0256. The minimum Gasteiger partial charge on any atom is -0.360 e. The number of nitrogens with one attached hydrogen (secondary N) is 1. The van der Waals surface area contributed by atoms with Crippen LogP contribution in [0.15, 0.2) is 34.9 Å². The molecule has 0 saturated heterocycles. The van der Waals surface area contributed by atoms with Gasteiger partial charge in [0.25, 0.3) is 5.91 Å². The summed E-state index contributed by atoms with van der Waals surface area (Å²) in [6.07, 6.45) is -0.0256. The number of rotatable bonds is 3. The smallest absolute Gasteiger partial charge is 0.251 e. The fourth-order valence-electron chi connectivity index (χ4n) is 1.59. The summed E-state index contributed by atoms with van der Waals surface area (Å²) in [6, 6.07) is 9.56. The van der Waals surface area contributed by atoms with Gasteiger partial charge in [0.2, 0.25) is 0 Å². The summed E-state index contributed by atoms with van der Waals surface area (Å²) in [6.45, 7) is 1.83. The van der Waals surface area contributed by atoms with Gasteiger partial charge in [-0.15, -0.1) is 0 Å². The Balaban J connectivity index is 2.30. The molecule has 5 nitrogen and oxygen atoms in total. The van der Waals surface area contributed by atoms with Crippen molar-refractivity contribution in [2.75, 3.05) is 0 Å². The average molecular weight is 232 g/mol. The average Bonchev–Trinajstić information content (AvgIpc) is 2.72. The summed E-state index contributed by atoms with van der Waals surface area (Å²) < 4.78 is 5.10. The number of aromatic nitrogens is 1. The van der Waals surface area contributed by atoms with Gasteiger partial charge in [0.15, 0.2) is 0 Å². The fourth-order valence-corrected chi connectivity index (χ4v) is 1.59. The molecule has 0 fully saturated rings. The van der Waals surface area contributed by atoms with E-state index in [1.54, 1.807) is 5.48 Å². The summed E-state index contributed by atoms with van der Waals surface area (Å²) in [5, 5.41) is 12.4. The Morgan fingerprint density at radius 3 is 2.76 bits per heavy atom. The molecule has 0 atom stereocenters. The number of benzene rings is 1. The third kappa shape index (κ3) is 2.34. The van der Waals surface area contributed by atoms with Gasteiger partial charge in [-0.25, -0.2) is 5.48 Å². The summed E-state index contributed by atoms with van der Waals surface area (Å²) in [5.74, 6) is -0.0701. The van der Waals surface area contributed by atoms with Crippen molar-refractivity contribution in [1.29, 1.82) is 0 Å². The van der Waals surface area contributed by atoms with Gasteiger partial charge in [0.1, 0.15) is 11.5 Å². The standard InChI is InChI=1S/C12H12N2O3/c1-8-10(7-11(15)13-16)17-14-12(8)9-5-3-2-4-6-9/h2-6,16H,7H2,1H3,(H,13,15). The molecule has 0 aliphatic rings. The monoisotopic (exact) mass is 232 g/mol. The van der Waals surface area contributed by atoms with Gasteiger partial charge in [-0.3, -0.25) is 10.0 Å². The molecule has 0 saturated carbocycles. The second-order valence-corrected chi connectivity index (χ2v) is 3.66. The maximum Gasteiger partial charge on any atom is 0.251 e. The highest BCUT2D eigenvalue weighted by Gasteiger charge is 2.15. The van der Waals surface area contributed by atoms with Crippen LogP contribution in [-0.2, 0) is 11.2 Å². The third-order valence-electron chi connectivity index (χ3n) is 2.51. The van der Waals surface area contributed by atoms with E-state index >= 15 is 0 Å². The van der Waals surface area contributed by atoms with E-state index in [1.807, 2.05) is 37.3 Å². The Morgan fingerprint density at radius 1 is 1.41 bits per heavy atom. The number of carbonyl (C=O) groups is 1. The van der Waals surface area contributed by atoms with Gasteiger partial charge >= 0.3 is 0 Å². The Bertz CT molecular complexity index is 520. The lowest BCUT2D eigenvalue weighted by Gasteiger charge is -1.97. The molecule has 17 heavy (non-hydrogen) atoms. The van der Waals surface area contributed by atoms with Crippen LogP contribution in [0.3, 0.4) is 0 Å². The quantitative estimate of drug-likeness (QED) is 0.623. The van der Waals surface area contributed by atoms with Gasteiger partial charge in [-0.2, -0.15) is 0 Å². The highest BCUT2D eigenvalue weighted by molar-refractivity contribution is 5.77. The highest BCUT2D eigenvalue weighted by Crippen LogP contribution is 2.24. The van der Waals surface area contributed by atoms with E-state index in [-0.39, 0.29) is 6.42 Å². The van der Waals surface area contributed by atoms with Crippen LogP contribution < -0.4 is 5.48 Å². The largest absolute Gasteiger partial charge is 0.360 e. The summed E-state index contributed by atoms with van der Waals surface area (Å²) in [4.78, 5) is 11.0. The van der Waals surface area contributed by atoms with Crippen molar-refractivity contribution in [1.82, 2.24) is 10.6 Å². The number of hydrogen-bond donors (Lipinski definition) is 2. The Morgan fingerprint density at radius 2 is 2.12 bits per heavy atom. The molecule has 0 aliphatic carbocycles. The number of carbonyl (C=O) groups excluding carboxylic acids is 1. The van der Waals surface area contributed by atoms with Crippen LogP contribution in [-0.4, -0.2) is 16.3 Å². The fraction of sp³-hybridized carbons (Fsp3) is 0.167. The summed E-state index contributed by atoms with van der Waals surface area (Å²) in [7, 11) is 0. The molecule has 88 valence electrons. The number of amides is 1. The van der Waals surface area contributed by atoms with Gasteiger partial charge in [0, 0.05) is 11.1 Å². The number of hydrogen-bond acceptors (Lipinski definition) is 4. The van der Waals surface area contributed by atoms with Crippen LogP contribution in [0.1, 0.15) is 11.3 Å². The molecule has 1 aromatic carbocycles. The van der Waals surface area contributed by atoms with Crippen molar-refractivity contribution >= 4 is 5.91 Å². The Labute approximate surface area is 98.0 Å². The summed E-state index contributed by atoms with van der Waals surface area (Å²) >= 11 is 0. The first-order chi connectivity index (χ1) is 8.22. The number of nitrogens with zero attached hydrogens (tertiary/aromatic N) is 1. The zero-order valence-electron chi connectivity index (χ0n) is 9.30. The zero-order valence-corrected chi connectivity index (χ0v) is 9.30. The SMILES string of the molecule is Cc1c(-c2ccccc2)noc1CC(=O)NO. The van der Waals surface area contributed by atoms with Crippen LogP contribution in [0, 0.1) is 6.92 Å². The molecule has 0 radical (unpaired) electrons. The van der Waals surface area contributed by atoms with Gasteiger partial charge in [-0.1, -0.05) is 35.5 Å². The van der Waals surface area contributed by atoms with Crippen molar-refractivity contribution < 1.29 is 14.5 Å². The van der Waals surface area contributed by atoms with E-state index in [1.165, 1.54) is 0 Å². The second kappa shape index (κ2) is 4.80. The van der Waals surface area contributed by atoms with Crippen LogP contribution >= 0.6 is 0 Å². The normalized spacial score (nSPS) is 10.2. The van der Waals surface area contributed by atoms with E-state index in [0.29, 0.717) is 11.5 Å². The molecule has 0 bridgehead atoms. The van der Waals surface area contributed by atoms with Crippen molar-refractivity contribution in [3.8, 4) is 11.3 Å². The molecule has 0 aliphatic heterocycles. The Kier molecular flexibility index (Phi) is 3.20. The van der Waals surface area contributed by atoms with E-state index in [2.05, 4.69) is 5.16 Å². The first-order valence-electron chi connectivity index (χ1n) is 5.16. The predicted molar refractivity (Wildman–Crippen MR) is 60.3 cm³/mol. The van der Waals surface area contributed by atoms with Crippen molar-refractivity contribution in [3.63, 3.8) is 0 Å². The molecular weight excluding hydrogens is 220 g/mol. The molecule has 2 N–H and O–H groups in total. The highest BCUT2D eigenvalue weighted by atomic mass is 16.5. The van der Waals surface area contributed by atoms with Crippen LogP contribution in [0.25, 0.3) is 11.3 Å². The van der Waals surface area contributed by atoms with Crippen LogP contribution in [0.2, 0.25) is 0 Å². The van der Waals surface area contributed by atoms with Crippen LogP contribution in [0.4, 0.5) is 0 Å². The van der Waals surface area contributed by atoms with Crippen molar-refractivity contribution in [2.24, 2.45) is 0 Å². The van der Waals surface area contributed by atoms with E-state index in [4.69, 9.17) is 9.73 Å². The zero-order chi connectivity index (χ0) is 12.3. The van der Waals surface area contributed by atoms with Crippen LogP contribution in [0.5, 0.6) is 0 Å². The topological polar surface area (TPSA) is 75.4 Å². The molecule has 5 heteroatoms. The predicted octanol–water partition coefficient (Wildman–Crippen LogP) is 1.70. The molecule has 2 aromatic rings. The van der Waals surface area contributed by atoms with E-state index in [0.717, 1.165) is 11.1 Å². The maximum absolute atomic E-state index is 11.0. The first-order valence-corrected chi connectivity index (χ1v) is 5.16. The van der Waals surface area contributed by atoms with Gasteiger partial charge in [0.05, 0.1) is 6.42 Å². The van der Waals surface area contributed by atoms with Crippen molar-refractivity contribution in [3.05, 3.63) is 41.7 Å². The molecule has 0 unspecified atom stereocenters. The maximum atomic E-state index is 11.0. The molecule has 1 amide bonds. The second-order valence-electron chi connectivity index (χ2n) is 3.66. The molecule has 1 heterocycles. The minimum atomic E-state index is -0.524. The first kappa shape index (κ1) is 11.3. The third-order valence-corrected chi connectivity index (χ3v) is 2.51. The molecule has 1 aromatic heterocycles. The molecule has 2 rings (SSSR count). The van der Waals surface area contributed by atoms with E-state index < -0.39 is 5.91 Å². The van der Waals surface area contributed by atoms with Gasteiger partial charge in [-0.05, 0) is 6.92 Å². The van der Waals surface area contributed by atoms with Crippen molar-refractivity contribution in [2.45, 2.75) is 13.3 Å². The molecular formula is C12H12N2O3. The Hall–Kier alpha value is -2.14. The summed E-state index contributed by atoms with van der Waals surface area (Å²) in [5.41, 5.74) is 4.02. The lowest BCUT2D eigenvalue weighted by atomic mass is 10.1. The lowest BCUT2D eigenvalue weighted by molar-refractivity contribution is -0.128. The lowest BCUT2D eigenvalue weighted by Crippen LogP contribution is -2.20. The number of hydroxylamine groups is 1. The van der Waals surface area contributed by atoms with Gasteiger partial charge < -0.3 is 4.52 Å². The molecule has 0 spiro atoms. The van der Waals surface area contributed by atoms with E-state index in [9.17, 15) is 4.79 Å².